The lowest BCUT2D eigenvalue weighted by molar-refractivity contribution is 0.0586. The highest BCUT2D eigenvalue weighted by atomic mass is 16.5. The lowest BCUT2D eigenvalue weighted by Crippen LogP contribution is -2.36. The van der Waals surface area contributed by atoms with Gasteiger partial charge < -0.3 is 15.2 Å². The molecule has 1 saturated carbocycles. The Labute approximate surface area is 109 Å². The Hall–Kier alpha value is -0.900. The van der Waals surface area contributed by atoms with Crippen LogP contribution in [0.15, 0.2) is 24.3 Å². The molecule has 3 nitrogen and oxygen atoms in total. The third-order valence-electron chi connectivity index (χ3n) is 3.76. The highest BCUT2D eigenvalue weighted by Crippen LogP contribution is 2.21. The molecule has 0 spiro atoms. The van der Waals surface area contributed by atoms with Gasteiger partial charge in [-0.1, -0.05) is 24.3 Å². The number of hydrogen-bond donors (Lipinski definition) is 2. The second-order valence-corrected chi connectivity index (χ2v) is 5.08. The van der Waals surface area contributed by atoms with Gasteiger partial charge in [-0.2, -0.15) is 0 Å². The van der Waals surface area contributed by atoms with Crippen LogP contribution in [0.25, 0.3) is 0 Å². The van der Waals surface area contributed by atoms with E-state index in [2.05, 4.69) is 17.4 Å². The molecule has 2 atom stereocenters. The van der Waals surface area contributed by atoms with Crippen LogP contribution in [0.1, 0.15) is 36.8 Å². The lowest BCUT2D eigenvalue weighted by Gasteiger charge is -2.29. The second-order valence-electron chi connectivity index (χ2n) is 5.08. The summed E-state index contributed by atoms with van der Waals surface area (Å²) in [4.78, 5) is 0. The molecule has 1 aromatic rings. The highest BCUT2D eigenvalue weighted by molar-refractivity contribution is 5.21. The number of aliphatic hydroxyl groups excluding tert-OH is 1. The van der Waals surface area contributed by atoms with Crippen molar-refractivity contribution in [3.05, 3.63) is 35.4 Å². The van der Waals surface area contributed by atoms with Crippen LogP contribution in [-0.2, 0) is 17.9 Å². The first-order chi connectivity index (χ1) is 8.81. The Morgan fingerprint density at radius 1 is 1.22 bits per heavy atom. The van der Waals surface area contributed by atoms with Crippen LogP contribution in [0.5, 0.6) is 0 Å². The zero-order valence-electron chi connectivity index (χ0n) is 11.1. The summed E-state index contributed by atoms with van der Waals surface area (Å²) in [5.41, 5.74) is 2.24. The van der Waals surface area contributed by atoms with Gasteiger partial charge in [-0.15, -0.1) is 0 Å². The number of nitrogens with one attached hydrogen (secondary N) is 1. The average Bonchev–Trinajstić information content (AvgIpc) is 2.46. The van der Waals surface area contributed by atoms with Crippen LogP contribution < -0.4 is 5.32 Å². The van der Waals surface area contributed by atoms with E-state index in [4.69, 9.17) is 9.84 Å². The summed E-state index contributed by atoms with van der Waals surface area (Å²) in [7, 11) is 1.81. The average molecular weight is 249 g/mol. The monoisotopic (exact) mass is 249 g/mol. The summed E-state index contributed by atoms with van der Waals surface area (Å²) in [5.74, 6) is 0. The summed E-state index contributed by atoms with van der Waals surface area (Å²) >= 11 is 0. The van der Waals surface area contributed by atoms with Crippen LogP contribution in [0.3, 0.4) is 0 Å². The van der Waals surface area contributed by atoms with Gasteiger partial charge in [-0.25, -0.2) is 0 Å². The smallest absolute Gasteiger partial charge is 0.0681 e. The van der Waals surface area contributed by atoms with E-state index in [0.29, 0.717) is 12.1 Å². The summed E-state index contributed by atoms with van der Waals surface area (Å²) in [5, 5.41) is 12.6. The van der Waals surface area contributed by atoms with Crippen molar-refractivity contribution in [2.75, 3.05) is 7.11 Å². The van der Waals surface area contributed by atoms with Crippen molar-refractivity contribution < 1.29 is 9.84 Å². The third-order valence-corrected chi connectivity index (χ3v) is 3.76. The first-order valence-corrected chi connectivity index (χ1v) is 6.76. The maximum atomic E-state index is 8.99. The van der Waals surface area contributed by atoms with Crippen molar-refractivity contribution in [3.63, 3.8) is 0 Å². The van der Waals surface area contributed by atoms with Crippen molar-refractivity contribution >= 4 is 0 Å². The standard InChI is InChI=1S/C15H23NO2/c1-18-15-4-2-3-14(9-15)16-10-12-5-7-13(11-17)8-6-12/h5-8,14-17H,2-4,9-11H2,1H3. The molecular weight excluding hydrogens is 226 g/mol. The maximum absolute atomic E-state index is 8.99. The predicted octanol–water partition coefficient (Wildman–Crippen LogP) is 2.23. The van der Waals surface area contributed by atoms with Crippen LogP contribution in [0.2, 0.25) is 0 Å². The van der Waals surface area contributed by atoms with Gasteiger partial charge in [0.05, 0.1) is 12.7 Å². The molecular formula is C15H23NO2. The van der Waals surface area contributed by atoms with Gasteiger partial charge in [0.25, 0.3) is 0 Å². The highest BCUT2D eigenvalue weighted by Gasteiger charge is 2.20. The normalized spacial score (nSPS) is 24.1. The van der Waals surface area contributed by atoms with Crippen molar-refractivity contribution in [2.45, 2.75) is 51.0 Å². The minimum Gasteiger partial charge on any atom is -0.392 e. The number of hydrogen-bond acceptors (Lipinski definition) is 3. The van der Waals surface area contributed by atoms with E-state index in [1.54, 1.807) is 7.11 Å². The predicted molar refractivity (Wildman–Crippen MR) is 72.3 cm³/mol. The molecule has 0 aromatic heterocycles. The van der Waals surface area contributed by atoms with Gasteiger partial charge >= 0.3 is 0 Å². The van der Waals surface area contributed by atoms with Gasteiger partial charge in [0.1, 0.15) is 0 Å². The van der Waals surface area contributed by atoms with E-state index in [-0.39, 0.29) is 6.61 Å². The van der Waals surface area contributed by atoms with Gasteiger partial charge in [0, 0.05) is 19.7 Å². The minimum absolute atomic E-state index is 0.117. The van der Waals surface area contributed by atoms with Crippen molar-refractivity contribution in [2.24, 2.45) is 0 Å². The summed E-state index contributed by atoms with van der Waals surface area (Å²) in [6.07, 6.45) is 5.23. The number of benzene rings is 1. The first kappa shape index (κ1) is 13.5. The van der Waals surface area contributed by atoms with E-state index in [0.717, 1.165) is 18.5 Å². The fraction of sp³-hybridized carbons (Fsp3) is 0.600. The number of rotatable bonds is 5. The molecule has 0 heterocycles. The largest absolute Gasteiger partial charge is 0.392 e. The third kappa shape index (κ3) is 3.80. The Kier molecular flexibility index (Phi) is 5.17. The number of ether oxygens (including phenoxy) is 1. The number of methoxy groups -OCH3 is 1. The van der Waals surface area contributed by atoms with E-state index in [1.807, 2.05) is 12.1 Å². The second kappa shape index (κ2) is 6.88. The van der Waals surface area contributed by atoms with Crippen LogP contribution >= 0.6 is 0 Å². The summed E-state index contributed by atoms with van der Waals surface area (Å²) in [6, 6.07) is 8.69. The molecule has 0 bridgehead atoms. The topological polar surface area (TPSA) is 41.5 Å². The van der Waals surface area contributed by atoms with Crippen molar-refractivity contribution in [3.8, 4) is 0 Å². The molecule has 2 rings (SSSR count). The Balaban J connectivity index is 1.79. The quantitative estimate of drug-likeness (QED) is 0.841. The van der Waals surface area contributed by atoms with Gasteiger partial charge in [0.2, 0.25) is 0 Å². The molecule has 0 amide bonds. The van der Waals surface area contributed by atoms with E-state index in [9.17, 15) is 0 Å². The molecule has 100 valence electrons. The van der Waals surface area contributed by atoms with Crippen LogP contribution in [-0.4, -0.2) is 24.4 Å². The van der Waals surface area contributed by atoms with E-state index in [1.165, 1.54) is 24.8 Å². The fourth-order valence-corrected chi connectivity index (χ4v) is 2.57. The van der Waals surface area contributed by atoms with E-state index < -0.39 is 0 Å². The van der Waals surface area contributed by atoms with E-state index >= 15 is 0 Å². The molecule has 1 aromatic carbocycles. The molecule has 2 unspecified atom stereocenters. The van der Waals surface area contributed by atoms with Gasteiger partial charge in [-0.05, 0) is 36.8 Å². The Morgan fingerprint density at radius 2 is 1.94 bits per heavy atom. The molecule has 1 aliphatic rings. The molecule has 18 heavy (non-hydrogen) atoms. The minimum atomic E-state index is 0.117. The fourth-order valence-electron chi connectivity index (χ4n) is 2.57. The van der Waals surface area contributed by atoms with Gasteiger partial charge in [0.15, 0.2) is 0 Å². The SMILES string of the molecule is COC1CCCC(NCc2ccc(CO)cc2)C1. The summed E-state index contributed by atoms with van der Waals surface area (Å²) < 4.78 is 5.44. The van der Waals surface area contributed by atoms with Crippen molar-refractivity contribution in [1.29, 1.82) is 0 Å². The molecule has 0 aliphatic heterocycles. The Bertz CT molecular complexity index is 350. The molecule has 3 heteroatoms. The van der Waals surface area contributed by atoms with Crippen LogP contribution in [0, 0.1) is 0 Å². The van der Waals surface area contributed by atoms with Gasteiger partial charge in [-0.3, -0.25) is 0 Å². The maximum Gasteiger partial charge on any atom is 0.0681 e. The molecule has 1 aliphatic carbocycles. The number of aliphatic hydroxyl groups is 1. The van der Waals surface area contributed by atoms with Crippen LogP contribution in [0.4, 0.5) is 0 Å². The molecule has 0 saturated heterocycles. The zero-order valence-corrected chi connectivity index (χ0v) is 11.1. The first-order valence-electron chi connectivity index (χ1n) is 6.76. The molecule has 0 radical (unpaired) electrons. The molecule has 2 N–H and O–H groups in total. The Morgan fingerprint density at radius 3 is 2.61 bits per heavy atom. The zero-order chi connectivity index (χ0) is 12.8. The lowest BCUT2D eigenvalue weighted by atomic mass is 9.92. The van der Waals surface area contributed by atoms with Crippen molar-refractivity contribution in [1.82, 2.24) is 5.32 Å². The summed E-state index contributed by atoms with van der Waals surface area (Å²) in [6.45, 7) is 1.01. The molecule has 1 fully saturated rings.